The number of para-hydroxylation sites is 1. The Labute approximate surface area is 358 Å². The topological polar surface area (TPSA) is 181 Å². The molecule has 15 heteroatoms. The minimum atomic E-state index is -1.09. The lowest BCUT2D eigenvalue weighted by Gasteiger charge is -2.37. The summed E-state index contributed by atoms with van der Waals surface area (Å²) in [5.41, 5.74) is 5.48. The Morgan fingerprint density at radius 1 is 0.983 bits per heavy atom. The van der Waals surface area contributed by atoms with Crippen LogP contribution in [0.4, 0.5) is 0 Å². The summed E-state index contributed by atoms with van der Waals surface area (Å²) in [6, 6.07) is 17.7. The number of nitrogens with one attached hydrogen (secondary N) is 2. The first kappa shape index (κ1) is 43.3. The van der Waals surface area contributed by atoms with Crippen molar-refractivity contribution >= 4 is 50.6 Å². The van der Waals surface area contributed by atoms with E-state index >= 15 is 0 Å². The summed E-state index contributed by atoms with van der Waals surface area (Å²) in [5, 5.41) is 48.0. The van der Waals surface area contributed by atoms with Gasteiger partial charge in [0.05, 0.1) is 33.9 Å². The van der Waals surface area contributed by atoms with Crippen LogP contribution in [0, 0.1) is 12.3 Å². The van der Waals surface area contributed by atoms with E-state index in [1.54, 1.807) is 34.8 Å². The molecule has 0 bridgehead atoms. The van der Waals surface area contributed by atoms with Crippen LogP contribution >= 0.6 is 22.7 Å². The van der Waals surface area contributed by atoms with Gasteiger partial charge in [0, 0.05) is 54.8 Å². The maximum atomic E-state index is 14.1. The predicted molar refractivity (Wildman–Crippen MR) is 234 cm³/mol. The molecule has 0 radical (unpaired) electrons. The standard InChI is InChI=1S/C45H55N7O6S2/c1-27-40(59-26-47-27)30-15-13-28(14-16-30)24-46-42(57)35-23-32(53)25-52(35)44(58)41(45(2,3)4)48-38(55)11-7-8-12-39(56)51-19-17-29(18-20-51)37-22-31-21-34(49-50-43(31)60-37)33-9-5-6-10-36(33)54/h5-6,9-10,13-16,21-22,26,29,32,35,41-42,46,53-54,57H,7-8,11-12,17-20,23-25H2,1-4H3,(H,48,55)/t32-,35+,41-,42?/m1/s1. The van der Waals surface area contributed by atoms with Crippen LogP contribution in [-0.2, 0) is 20.9 Å². The van der Waals surface area contributed by atoms with Crippen LogP contribution in [0.25, 0.3) is 31.9 Å². The highest BCUT2D eigenvalue weighted by Crippen LogP contribution is 2.38. The van der Waals surface area contributed by atoms with Crippen molar-refractivity contribution in [1.29, 1.82) is 0 Å². The van der Waals surface area contributed by atoms with E-state index in [1.807, 2.05) is 80.6 Å². The van der Waals surface area contributed by atoms with E-state index in [2.05, 4.69) is 31.9 Å². The third-order valence-corrected chi connectivity index (χ3v) is 13.8. The van der Waals surface area contributed by atoms with Crippen LogP contribution in [0.2, 0.25) is 0 Å². The van der Waals surface area contributed by atoms with E-state index in [1.165, 1.54) is 9.78 Å². The van der Waals surface area contributed by atoms with Gasteiger partial charge in [0.2, 0.25) is 17.7 Å². The smallest absolute Gasteiger partial charge is 0.246 e. The lowest BCUT2D eigenvalue weighted by atomic mass is 9.85. The molecule has 4 atom stereocenters. The number of nitrogens with zero attached hydrogens (tertiary/aromatic N) is 5. The van der Waals surface area contributed by atoms with E-state index in [0.29, 0.717) is 56.1 Å². The van der Waals surface area contributed by atoms with Gasteiger partial charge in [-0.25, -0.2) is 4.98 Å². The number of phenols is 1. The number of aryl methyl sites for hydroxylation is 1. The second kappa shape index (κ2) is 18.9. The molecule has 5 aromatic rings. The number of carbonyl (C=O) groups is 3. The highest BCUT2D eigenvalue weighted by atomic mass is 32.1. The molecule has 0 spiro atoms. The first-order valence-electron chi connectivity index (χ1n) is 20.8. The van der Waals surface area contributed by atoms with Crippen LogP contribution in [0.3, 0.4) is 0 Å². The Bertz CT molecular complexity index is 2280. The number of aliphatic hydroxyl groups is 2. The van der Waals surface area contributed by atoms with Crippen molar-refractivity contribution in [2.45, 2.75) is 110 Å². The number of hydrogen-bond acceptors (Lipinski definition) is 12. The van der Waals surface area contributed by atoms with Crippen molar-refractivity contribution in [3.63, 3.8) is 0 Å². The molecule has 2 aliphatic heterocycles. The zero-order chi connectivity index (χ0) is 42.6. The number of thiazole rings is 1. The second-order valence-corrected chi connectivity index (χ2v) is 19.0. The van der Waals surface area contributed by atoms with Gasteiger partial charge in [-0.1, -0.05) is 57.2 Å². The van der Waals surface area contributed by atoms with Crippen molar-refractivity contribution in [2.24, 2.45) is 5.41 Å². The highest BCUT2D eigenvalue weighted by Gasteiger charge is 2.44. The third-order valence-electron chi connectivity index (χ3n) is 11.6. The molecular formula is C45H55N7O6S2. The van der Waals surface area contributed by atoms with Gasteiger partial charge in [0.1, 0.15) is 22.8 Å². The maximum absolute atomic E-state index is 14.1. The molecule has 1 unspecified atom stereocenters. The summed E-state index contributed by atoms with van der Waals surface area (Å²) >= 11 is 3.22. The average molecular weight is 854 g/mol. The zero-order valence-electron chi connectivity index (χ0n) is 34.6. The summed E-state index contributed by atoms with van der Waals surface area (Å²) in [6.07, 6.45) is 1.61. The molecule has 7 rings (SSSR count). The van der Waals surface area contributed by atoms with Gasteiger partial charge in [0.25, 0.3) is 0 Å². The molecule has 2 aromatic carbocycles. The molecule has 0 aliphatic carbocycles. The molecule has 2 fully saturated rings. The Hall–Kier alpha value is -4.80. The Kier molecular flexibility index (Phi) is 13.6. The van der Waals surface area contributed by atoms with Crippen molar-refractivity contribution in [3.8, 4) is 27.4 Å². The van der Waals surface area contributed by atoms with Gasteiger partial charge in [-0.3, -0.25) is 19.7 Å². The number of amides is 3. The minimum Gasteiger partial charge on any atom is -0.507 e. The number of likely N-dealkylation sites (tertiary alicyclic amines) is 2. The number of benzene rings is 2. The molecule has 318 valence electrons. The number of β-amino-alcohol motifs (C(OH)–C–C–N with tert-alkyl or cyclic N) is 1. The maximum Gasteiger partial charge on any atom is 0.246 e. The van der Waals surface area contributed by atoms with E-state index < -0.39 is 29.8 Å². The van der Waals surface area contributed by atoms with E-state index in [9.17, 15) is 29.7 Å². The number of rotatable bonds is 14. The van der Waals surface area contributed by atoms with Crippen LogP contribution < -0.4 is 10.6 Å². The largest absolute Gasteiger partial charge is 0.507 e. The SMILES string of the molecule is Cc1ncsc1-c1ccc(CNC(O)[C@@H]2C[C@@H](O)CN2C(=O)[C@@H](NC(=O)CCCCC(=O)N2CCC(c3cc4cc(-c5ccccc5O)nnc4s3)CC2)C(C)(C)C)cc1. The number of aliphatic hydroxyl groups excluding tert-OH is 2. The van der Waals surface area contributed by atoms with Gasteiger partial charge in [-0.05, 0) is 85.8 Å². The third kappa shape index (κ3) is 10.2. The number of aromatic nitrogens is 3. The Morgan fingerprint density at radius 3 is 2.42 bits per heavy atom. The first-order chi connectivity index (χ1) is 28.7. The van der Waals surface area contributed by atoms with Gasteiger partial charge >= 0.3 is 0 Å². The fraction of sp³-hybridized carbons (Fsp3) is 0.467. The molecule has 5 N–H and O–H groups in total. The molecule has 3 aromatic heterocycles. The second-order valence-electron chi connectivity index (χ2n) is 17.1. The molecule has 13 nitrogen and oxygen atoms in total. The Balaban J connectivity index is 0.852. The number of fused-ring (bicyclic) bond motifs is 1. The summed E-state index contributed by atoms with van der Waals surface area (Å²) in [5.74, 6) is -0.0450. The summed E-state index contributed by atoms with van der Waals surface area (Å²) in [4.78, 5) is 51.4. The summed E-state index contributed by atoms with van der Waals surface area (Å²) < 4.78 is 0. The van der Waals surface area contributed by atoms with Crippen molar-refractivity contribution in [3.05, 3.63) is 82.3 Å². The fourth-order valence-electron chi connectivity index (χ4n) is 8.18. The van der Waals surface area contributed by atoms with Gasteiger partial charge in [-0.15, -0.1) is 32.9 Å². The summed E-state index contributed by atoms with van der Waals surface area (Å²) in [6.45, 7) is 9.39. The van der Waals surface area contributed by atoms with E-state index in [0.717, 1.165) is 44.8 Å². The number of piperidine rings is 1. The lowest BCUT2D eigenvalue weighted by molar-refractivity contribution is -0.142. The van der Waals surface area contributed by atoms with Crippen LogP contribution in [0.1, 0.15) is 87.8 Å². The number of thiophene rings is 1. The zero-order valence-corrected chi connectivity index (χ0v) is 36.3. The van der Waals surface area contributed by atoms with Crippen molar-refractivity contribution in [2.75, 3.05) is 19.6 Å². The van der Waals surface area contributed by atoms with Crippen molar-refractivity contribution < 1.29 is 29.7 Å². The predicted octanol–water partition coefficient (Wildman–Crippen LogP) is 6.36. The molecule has 0 saturated carbocycles. The minimum absolute atomic E-state index is 0.0629. The molecule has 60 heavy (non-hydrogen) atoms. The number of hydrogen-bond donors (Lipinski definition) is 5. The van der Waals surface area contributed by atoms with Crippen LogP contribution in [-0.4, -0.2) is 102 Å². The van der Waals surface area contributed by atoms with Crippen molar-refractivity contribution in [1.82, 2.24) is 35.6 Å². The van der Waals surface area contributed by atoms with Gasteiger partial charge in [-0.2, -0.15) is 0 Å². The average Bonchev–Trinajstić information content (AvgIpc) is 3.98. The fourth-order valence-corrected chi connectivity index (χ4v) is 10.1. The molecule has 2 aliphatic rings. The summed E-state index contributed by atoms with van der Waals surface area (Å²) in [7, 11) is 0. The van der Waals surface area contributed by atoms with Crippen LogP contribution in [0.15, 0.2) is 66.2 Å². The molecule has 2 saturated heterocycles. The number of unbranched alkanes of at least 4 members (excludes halogenated alkanes) is 1. The number of aromatic hydroxyl groups is 1. The Morgan fingerprint density at radius 2 is 1.72 bits per heavy atom. The van der Waals surface area contributed by atoms with Crippen LogP contribution in [0.5, 0.6) is 5.75 Å². The lowest BCUT2D eigenvalue weighted by Crippen LogP contribution is -2.58. The number of carbonyl (C=O) groups excluding carboxylic acids is 3. The first-order valence-corrected chi connectivity index (χ1v) is 22.5. The monoisotopic (exact) mass is 853 g/mol. The normalized spacial score (nSPS) is 18.5. The van der Waals surface area contributed by atoms with Gasteiger partial charge < -0.3 is 30.4 Å². The quantitative estimate of drug-likeness (QED) is 0.0623. The molecular weight excluding hydrogens is 799 g/mol. The highest BCUT2D eigenvalue weighted by molar-refractivity contribution is 7.18. The molecule has 3 amide bonds. The number of phenolic OH excluding ortho intramolecular Hbond substituents is 1. The molecule has 5 heterocycles. The van der Waals surface area contributed by atoms with Gasteiger partial charge in [0.15, 0.2) is 0 Å². The van der Waals surface area contributed by atoms with E-state index in [4.69, 9.17) is 0 Å². The van der Waals surface area contributed by atoms with E-state index in [-0.39, 0.29) is 42.9 Å².